The van der Waals surface area contributed by atoms with Gasteiger partial charge in [0.15, 0.2) is 0 Å². The molecule has 0 aliphatic rings. The summed E-state index contributed by atoms with van der Waals surface area (Å²) in [6.45, 7) is 3.64. The van der Waals surface area contributed by atoms with E-state index in [1.807, 2.05) is 13.3 Å². The smallest absolute Gasteiger partial charge is 0.0543 e. The molecular weight excluding hydrogens is 562 g/mol. The quantitative estimate of drug-likeness (QED) is 0.379. The van der Waals surface area contributed by atoms with Crippen LogP contribution in [0.2, 0.25) is 0 Å². The maximum absolute atomic E-state index is 6.24. The molecule has 0 aromatic rings. The topological polar surface area (TPSA) is 0 Å². The van der Waals surface area contributed by atoms with Crippen LogP contribution in [-0.2, 0) is 0 Å². The minimum absolute atomic E-state index is 0. The van der Waals surface area contributed by atoms with E-state index in [4.69, 9.17) is 2.56 Å². The van der Waals surface area contributed by atoms with Gasteiger partial charge in [-0.15, -0.1) is 18.4 Å². The molecule has 0 aliphatic carbocycles. The summed E-state index contributed by atoms with van der Waals surface area (Å²) < 4.78 is 12.5. The van der Waals surface area contributed by atoms with Gasteiger partial charge >= 0.3 is 0 Å². The summed E-state index contributed by atoms with van der Waals surface area (Å²) in [6, 6.07) is 0. The monoisotopic (exact) mass is 574 g/mol. The van der Waals surface area contributed by atoms with Crippen LogP contribution in [0.4, 0.5) is 0 Å². The third-order valence-corrected chi connectivity index (χ3v) is 0. The Balaban J connectivity index is -0.0000000160. The Morgan fingerprint density at radius 2 is 1.17 bits per heavy atom. The van der Waals surface area contributed by atoms with Crippen molar-refractivity contribution in [1.29, 1.82) is 2.56 Å². The van der Waals surface area contributed by atoms with E-state index in [-0.39, 0.29) is 62.2 Å². The van der Waals surface area contributed by atoms with Crippen molar-refractivity contribution in [3.63, 3.8) is 0 Å². The Morgan fingerprint density at radius 1 is 1.17 bits per heavy atom. The molecule has 2 unspecified atom stereocenters. The van der Waals surface area contributed by atoms with Crippen LogP contribution >= 0.6 is 18.4 Å². The normalized spacial score (nSPS) is 10.3. The van der Waals surface area contributed by atoms with Crippen molar-refractivity contribution in [2.75, 3.05) is 13.3 Å². The van der Waals surface area contributed by atoms with E-state index in [2.05, 4.69) is 0 Å². The fraction of sp³-hybridized carbons (Fsp3) is 1.00. The van der Waals surface area contributed by atoms with Gasteiger partial charge in [0, 0.05) is 62.2 Å². The first-order valence-electron chi connectivity index (χ1n) is 2.00. The molecule has 0 heterocycles. The van der Waals surface area contributed by atoms with E-state index >= 15 is 0 Å². The maximum Gasteiger partial charge on any atom is 0.0543 e. The van der Waals surface area contributed by atoms with Crippen LogP contribution in [0, 0.1) is 62.2 Å². The van der Waals surface area contributed by atoms with Gasteiger partial charge in [-0.3, -0.25) is 0 Å². The van der Waals surface area contributed by atoms with Crippen LogP contribution in [0.25, 0.3) is 0 Å². The zero-order chi connectivity index (χ0) is 5.41. The van der Waals surface area contributed by atoms with E-state index in [1.54, 1.807) is 0 Å². The summed E-state index contributed by atoms with van der Waals surface area (Å²) in [4.78, 5) is 0. The summed E-state index contributed by atoms with van der Waals surface area (Å²) in [5.74, 6) is 0. The Bertz CT molecular complexity index is 18.0. The van der Waals surface area contributed by atoms with Crippen LogP contribution in [-0.4, -0.2) is 15.9 Å². The van der Waals surface area contributed by atoms with Gasteiger partial charge in [0.05, 0.1) is 2.56 Å². The number of rotatable bonds is 0. The Morgan fingerprint density at radius 3 is 1.17 bits per heavy atom. The van der Waals surface area contributed by atoms with Crippen LogP contribution in [0.1, 0.15) is 0 Å². The predicted molar refractivity (Wildman–Crippen MR) is 31.3 cm³/mol. The Kier molecular flexibility index (Phi) is 85.9. The van der Waals surface area contributed by atoms with E-state index in [1.165, 1.54) is 0 Å². The van der Waals surface area contributed by atoms with Gasteiger partial charge in [0.1, 0.15) is 0 Å². The minimum atomic E-state index is 0. The molecule has 0 saturated carbocycles. The van der Waals surface area contributed by atoms with Crippen molar-refractivity contribution >= 4 is 18.4 Å². The molecule has 0 saturated heterocycles. The van der Waals surface area contributed by atoms with E-state index in [9.17, 15) is 0 Å². The molecule has 0 radical (unpaired) electrons. The van der Waals surface area contributed by atoms with Gasteiger partial charge in [0.25, 0.3) is 0 Å². The van der Waals surface area contributed by atoms with Gasteiger partial charge in [-0.2, -0.15) is 0 Å². The van der Waals surface area contributed by atoms with E-state index < -0.39 is 0 Å². The van der Waals surface area contributed by atoms with Crippen molar-refractivity contribution in [3.8, 4) is 0 Å². The summed E-state index contributed by atoms with van der Waals surface area (Å²) in [7, 11) is 0.667. The molecule has 0 amide bonds. The molecule has 0 nitrogen and oxygen atoms in total. The molecule has 2 atom stereocenters. The first-order chi connectivity index (χ1) is 2.83. The maximum atomic E-state index is 6.24. The second-order valence-electron chi connectivity index (χ2n) is 0. The zero-order valence-corrected chi connectivity index (χ0v) is 14.3. The van der Waals surface area contributed by atoms with Crippen LogP contribution in [0.15, 0.2) is 0 Å². The van der Waals surface area contributed by atoms with Gasteiger partial charge in [-0.25, -0.2) is 0 Å². The SMILES string of the molecule is [2H]PC.[2H]PC.[U].[U]. The second kappa shape index (κ2) is 44.0. The van der Waals surface area contributed by atoms with Crippen molar-refractivity contribution < 1.29 is 62.2 Å². The van der Waals surface area contributed by atoms with Crippen molar-refractivity contribution in [3.05, 3.63) is 0 Å². The van der Waals surface area contributed by atoms with E-state index in [0.717, 1.165) is 0 Å². The molecule has 0 aromatic carbocycles. The Hall–Kier alpha value is 2.96. The zero-order valence-electron chi connectivity index (χ0n) is 6.00. The Labute approximate surface area is 95.1 Å². The summed E-state index contributed by atoms with van der Waals surface area (Å²) in [5, 5.41) is 0. The van der Waals surface area contributed by atoms with Crippen LogP contribution in [0.3, 0.4) is 0 Å². The standard InChI is InChI=1S/2CH5P.2U/c2*1-2;;/h2*2H2,1H3;;/i2*2D;;. The van der Waals surface area contributed by atoms with Crippen molar-refractivity contribution in [2.45, 2.75) is 0 Å². The van der Waals surface area contributed by atoms with Gasteiger partial charge in [-0.05, 0) is 0 Å². The second-order valence-corrected chi connectivity index (χ2v) is 0. The molecule has 0 aliphatic heterocycles. The molecule has 0 N–H and O–H groups in total. The fourth-order valence-electron chi connectivity index (χ4n) is 0. The first kappa shape index (κ1) is 11.7. The summed E-state index contributed by atoms with van der Waals surface area (Å²) in [5.41, 5.74) is 0. The summed E-state index contributed by atoms with van der Waals surface area (Å²) in [6.07, 6.45) is 0. The molecule has 0 fully saturated rings. The minimum Gasteiger partial charge on any atom is -0.141 e. The summed E-state index contributed by atoms with van der Waals surface area (Å²) >= 11 is 0. The third-order valence-electron chi connectivity index (χ3n) is 0. The molecule has 36 valence electrons. The van der Waals surface area contributed by atoms with E-state index in [0.29, 0.717) is 18.4 Å². The van der Waals surface area contributed by atoms with Crippen molar-refractivity contribution in [1.82, 2.24) is 0 Å². The molecule has 4 heteroatoms. The molecule has 6 heavy (non-hydrogen) atoms. The van der Waals surface area contributed by atoms with Crippen LogP contribution < -0.4 is 0 Å². The first-order valence-corrected chi connectivity index (χ1v) is 3.00. The molecular formula is C2H10P2U2. The molecule has 0 rings (SSSR count). The fourth-order valence-corrected chi connectivity index (χ4v) is 0. The largest absolute Gasteiger partial charge is 0.141 e. The van der Waals surface area contributed by atoms with Crippen LogP contribution in [0.5, 0.6) is 0 Å². The van der Waals surface area contributed by atoms with Crippen molar-refractivity contribution in [2.24, 2.45) is 0 Å². The van der Waals surface area contributed by atoms with Gasteiger partial charge < -0.3 is 0 Å². The average molecular weight is 574 g/mol. The van der Waals surface area contributed by atoms with Gasteiger partial charge in [0.2, 0.25) is 0 Å². The third kappa shape index (κ3) is 28.2. The molecule has 0 spiro atoms. The molecule has 0 bridgehead atoms. The number of hydrogen-bond donors (Lipinski definition) is 0. The van der Waals surface area contributed by atoms with Gasteiger partial charge in [-0.1, -0.05) is 13.3 Å². The predicted octanol–water partition coefficient (Wildman–Crippen LogP) is 0.983. The average Bonchev–Trinajstić information content (AvgIpc) is 1.39. The number of hydrogen-bond acceptors (Lipinski definition) is 0. The molecule has 0 aromatic heterocycles.